The van der Waals surface area contributed by atoms with Gasteiger partial charge in [-0.2, -0.15) is 0 Å². The Hall–Kier alpha value is -7.76. The third-order valence-electron chi connectivity index (χ3n) is 11.0. The fourth-order valence-corrected chi connectivity index (χ4v) is 8.39. The summed E-state index contributed by atoms with van der Waals surface area (Å²) in [5.41, 5.74) is 13.3. The van der Waals surface area contributed by atoms with Gasteiger partial charge in [-0.25, -0.2) is 0 Å². The summed E-state index contributed by atoms with van der Waals surface area (Å²) in [6.07, 6.45) is 0. The van der Waals surface area contributed by atoms with Gasteiger partial charge in [0.1, 0.15) is 0 Å². The Balaban J connectivity index is 0.994. The molecule has 0 N–H and O–H groups in total. The quantitative estimate of drug-likeness (QED) is 0.164. The fourth-order valence-electron chi connectivity index (χ4n) is 8.39. The van der Waals surface area contributed by atoms with E-state index < -0.39 is 0 Å². The highest BCUT2D eigenvalue weighted by Gasteiger charge is 2.18. The standard InChI is InChI=1S/C52H35N5/c1-4-14-36(15-5-1)47-30-33-52(54-53-47)57-49-23-13-11-21-44(49)46-35-38(25-32-51(46)57)37-24-31-50-45(34-37)43-20-10-12-22-48(43)56(50)42-28-26-41(27-29-42)55(39-16-6-2-7-17-39)40-18-8-3-9-19-40/h1-35H. The lowest BCUT2D eigenvalue weighted by Crippen LogP contribution is -2.09. The summed E-state index contributed by atoms with van der Waals surface area (Å²) in [6, 6.07) is 75.2. The summed E-state index contributed by atoms with van der Waals surface area (Å²) in [4.78, 5) is 2.30. The molecule has 0 saturated heterocycles. The van der Waals surface area contributed by atoms with Gasteiger partial charge in [-0.3, -0.25) is 4.57 Å². The number of fused-ring (bicyclic) bond motifs is 6. The molecule has 0 aliphatic carbocycles. The summed E-state index contributed by atoms with van der Waals surface area (Å²) in [5, 5.41) is 14.2. The molecule has 5 heteroatoms. The average Bonchev–Trinajstić information content (AvgIpc) is 3.80. The van der Waals surface area contributed by atoms with E-state index in [-0.39, 0.29) is 0 Å². The molecule has 0 fully saturated rings. The Bertz CT molecular complexity index is 3160. The van der Waals surface area contributed by atoms with Crippen molar-refractivity contribution in [2.75, 3.05) is 4.90 Å². The number of aromatic nitrogens is 4. The Morgan fingerprint density at radius 1 is 0.316 bits per heavy atom. The van der Waals surface area contributed by atoms with Gasteiger partial charge in [0.2, 0.25) is 0 Å². The Morgan fingerprint density at radius 2 is 0.789 bits per heavy atom. The number of benzene rings is 8. The molecule has 3 heterocycles. The van der Waals surface area contributed by atoms with Gasteiger partial charge >= 0.3 is 0 Å². The first-order valence-corrected chi connectivity index (χ1v) is 19.3. The zero-order chi connectivity index (χ0) is 37.7. The molecule has 0 bridgehead atoms. The predicted molar refractivity (Wildman–Crippen MR) is 236 cm³/mol. The molecule has 0 aliphatic rings. The molecule has 0 aliphatic heterocycles. The molecule has 5 nitrogen and oxygen atoms in total. The van der Waals surface area contributed by atoms with E-state index in [4.69, 9.17) is 5.10 Å². The van der Waals surface area contributed by atoms with E-state index in [0.29, 0.717) is 0 Å². The van der Waals surface area contributed by atoms with Gasteiger partial charge in [-0.15, -0.1) is 10.2 Å². The summed E-state index contributed by atoms with van der Waals surface area (Å²) >= 11 is 0. The van der Waals surface area contributed by atoms with Crippen molar-refractivity contribution in [2.24, 2.45) is 0 Å². The van der Waals surface area contributed by atoms with Crippen LogP contribution in [0, 0.1) is 0 Å². The van der Waals surface area contributed by atoms with Crippen molar-refractivity contribution in [1.82, 2.24) is 19.3 Å². The second-order valence-electron chi connectivity index (χ2n) is 14.3. The minimum Gasteiger partial charge on any atom is -0.311 e. The minimum absolute atomic E-state index is 0.795. The first-order chi connectivity index (χ1) is 28.3. The molecule has 11 aromatic rings. The number of para-hydroxylation sites is 4. The molecule has 0 unspecified atom stereocenters. The van der Waals surface area contributed by atoms with Crippen LogP contribution in [0.3, 0.4) is 0 Å². The second-order valence-corrected chi connectivity index (χ2v) is 14.3. The molecule has 57 heavy (non-hydrogen) atoms. The molecule has 268 valence electrons. The lowest BCUT2D eigenvalue weighted by Gasteiger charge is -2.25. The van der Waals surface area contributed by atoms with E-state index in [2.05, 4.69) is 213 Å². The van der Waals surface area contributed by atoms with E-state index in [9.17, 15) is 0 Å². The highest BCUT2D eigenvalue weighted by molar-refractivity contribution is 6.12. The van der Waals surface area contributed by atoms with Crippen molar-refractivity contribution in [3.8, 4) is 33.9 Å². The SMILES string of the molecule is c1ccc(-c2ccc(-n3c4ccccc4c4cc(-c5ccc6c(c5)c5ccccc5n6-c5ccc(N(c6ccccc6)c6ccccc6)cc5)ccc43)nn2)cc1. The first kappa shape index (κ1) is 32.7. The lowest BCUT2D eigenvalue weighted by molar-refractivity contribution is 0.958. The van der Waals surface area contributed by atoms with E-state index in [1.807, 2.05) is 18.2 Å². The van der Waals surface area contributed by atoms with Crippen molar-refractivity contribution in [3.05, 3.63) is 212 Å². The molecule has 0 saturated carbocycles. The molecular weight excluding hydrogens is 695 g/mol. The topological polar surface area (TPSA) is 38.9 Å². The van der Waals surface area contributed by atoms with Crippen LogP contribution in [0.4, 0.5) is 17.1 Å². The fraction of sp³-hybridized carbons (Fsp3) is 0. The third kappa shape index (κ3) is 5.56. The van der Waals surface area contributed by atoms with E-state index in [0.717, 1.165) is 50.9 Å². The molecule has 0 spiro atoms. The molecule has 8 aromatic carbocycles. The first-order valence-electron chi connectivity index (χ1n) is 19.3. The van der Waals surface area contributed by atoms with Crippen molar-refractivity contribution in [3.63, 3.8) is 0 Å². The highest BCUT2D eigenvalue weighted by atomic mass is 15.2. The number of rotatable bonds is 7. The molecule has 3 aromatic heterocycles. The van der Waals surface area contributed by atoms with Crippen molar-refractivity contribution < 1.29 is 0 Å². The maximum Gasteiger partial charge on any atom is 0.160 e. The van der Waals surface area contributed by atoms with Crippen molar-refractivity contribution >= 4 is 60.7 Å². The van der Waals surface area contributed by atoms with Gasteiger partial charge in [0.05, 0.1) is 27.8 Å². The van der Waals surface area contributed by atoms with Gasteiger partial charge in [0.15, 0.2) is 5.82 Å². The zero-order valence-corrected chi connectivity index (χ0v) is 30.9. The number of nitrogens with zero attached hydrogens (tertiary/aromatic N) is 5. The van der Waals surface area contributed by atoms with Crippen LogP contribution in [0.5, 0.6) is 0 Å². The minimum atomic E-state index is 0.795. The third-order valence-corrected chi connectivity index (χ3v) is 11.0. The van der Waals surface area contributed by atoms with Crippen LogP contribution in [0.1, 0.15) is 0 Å². The Kier molecular flexibility index (Phi) is 7.74. The largest absolute Gasteiger partial charge is 0.311 e. The van der Waals surface area contributed by atoms with Crippen LogP contribution in [0.25, 0.3) is 77.5 Å². The summed E-state index contributed by atoms with van der Waals surface area (Å²) < 4.78 is 4.60. The van der Waals surface area contributed by atoms with Gasteiger partial charge in [0, 0.05) is 49.9 Å². The van der Waals surface area contributed by atoms with Crippen LogP contribution in [0.2, 0.25) is 0 Å². The van der Waals surface area contributed by atoms with Crippen LogP contribution in [-0.2, 0) is 0 Å². The van der Waals surface area contributed by atoms with Crippen molar-refractivity contribution in [2.45, 2.75) is 0 Å². The molecule has 11 rings (SSSR count). The summed E-state index contributed by atoms with van der Waals surface area (Å²) in [7, 11) is 0. The average molecular weight is 730 g/mol. The molecule has 0 radical (unpaired) electrons. The Morgan fingerprint density at radius 3 is 1.35 bits per heavy atom. The molecule has 0 atom stereocenters. The van der Waals surface area contributed by atoms with Gasteiger partial charge in [-0.1, -0.05) is 115 Å². The zero-order valence-electron chi connectivity index (χ0n) is 30.9. The number of hydrogen-bond donors (Lipinski definition) is 0. The van der Waals surface area contributed by atoms with E-state index in [1.165, 1.54) is 43.7 Å². The smallest absolute Gasteiger partial charge is 0.160 e. The number of anilines is 3. The van der Waals surface area contributed by atoms with E-state index >= 15 is 0 Å². The van der Waals surface area contributed by atoms with Crippen LogP contribution < -0.4 is 4.90 Å². The van der Waals surface area contributed by atoms with Crippen LogP contribution in [0.15, 0.2) is 212 Å². The van der Waals surface area contributed by atoms with Gasteiger partial charge in [0.25, 0.3) is 0 Å². The lowest BCUT2D eigenvalue weighted by atomic mass is 10.0. The maximum atomic E-state index is 4.72. The summed E-state index contributed by atoms with van der Waals surface area (Å²) in [6.45, 7) is 0. The summed E-state index contributed by atoms with van der Waals surface area (Å²) in [5.74, 6) is 0.795. The van der Waals surface area contributed by atoms with E-state index in [1.54, 1.807) is 0 Å². The predicted octanol–water partition coefficient (Wildman–Crippen LogP) is 13.5. The van der Waals surface area contributed by atoms with Gasteiger partial charge < -0.3 is 9.47 Å². The Labute approximate surface area is 330 Å². The normalized spacial score (nSPS) is 11.5. The van der Waals surface area contributed by atoms with Crippen LogP contribution in [-0.4, -0.2) is 19.3 Å². The molecular formula is C52H35N5. The second kappa shape index (κ2) is 13.5. The molecule has 0 amide bonds. The van der Waals surface area contributed by atoms with Gasteiger partial charge in [-0.05, 0) is 108 Å². The maximum absolute atomic E-state index is 4.72. The van der Waals surface area contributed by atoms with Crippen LogP contribution >= 0.6 is 0 Å². The van der Waals surface area contributed by atoms with Crippen molar-refractivity contribution in [1.29, 1.82) is 0 Å². The monoisotopic (exact) mass is 729 g/mol. The number of hydrogen-bond acceptors (Lipinski definition) is 3. The highest BCUT2D eigenvalue weighted by Crippen LogP contribution is 2.39.